The second-order valence-corrected chi connectivity index (χ2v) is 9.09. The standard InChI is InChI=1S/C25H27Cl2N3O3/c1-2-33-25(32)18-6-5-12-29(16-18)24(31)11-13-30-22-8-4-3-7-21(22)28-23(30)15-17-9-10-19(26)20(27)14-17/h3-4,7-10,14,18H,2,5-6,11-13,15-16H2,1H3/t18-/m1/s1. The van der Waals surface area contributed by atoms with Crippen molar-refractivity contribution >= 4 is 46.1 Å². The summed E-state index contributed by atoms with van der Waals surface area (Å²) >= 11 is 12.3. The molecule has 2 aromatic carbocycles. The van der Waals surface area contributed by atoms with Crippen molar-refractivity contribution in [2.24, 2.45) is 5.92 Å². The molecule has 1 amide bonds. The van der Waals surface area contributed by atoms with E-state index < -0.39 is 0 Å². The van der Waals surface area contributed by atoms with Gasteiger partial charge in [0.05, 0.1) is 33.6 Å². The number of carbonyl (C=O) groups is 2. The number of esters is 1. The predicted molar refractivity (Wildman–Crippen MR) is 130 cm³/mol. The summed E-state index contributed by atoms with van der Waals surface area (Å²) in [5.41, 5.74) is 2.88. The lowest BCUT2D eigenvalue weighted by atomic mass is 9.98. The number of nitrogens with zero attached hydrogens (tertiary/aromatic N) is 3. The number of aromatic nitrogens is 2. The molecule has 0 bridgehead atoms. The molecule has 1 aromatic heterocycles. The molecule has 0 N–H and O–H groups in total. The molecule has 2 heterocycles. The maximum absolute atomic E-state index is 13.0. The van der Waals surface area contributed by atoms with Crippen molar-refractivity contribution in [2.45, 2.75) is 39.2 Å². The fourth-order valence-corrected chi connectivity index (χ4v) is 4.68. The summed E-state index contributed by atoms with van der Waals surface area (Å²) in [6.07, 6.45) is 2.49. The Morgan fingerprint density at radius 1 is 1.15 bits per heavy atom. The monoisotopic (exact) mass is 487 g/mol. The number of benzene rings is 2. The lowest BCUT2D eigenvalue weighted by Gasteiger charge is -2.31. The largest absolute Gasteiger partial charge is 0.466 e. The van der Waals surface area contributed by atoms with Crippen LogP contribution in [0.25, 0.3) is 11.0 Å². The van der Waals surface area contributed by atoms with Gasteiger partial charge in [-0.25, -0.2) is 4.98 Å². The van der Waals surface area contributed by atoms with Gasteiger partial charge in [0.2, 0.25) is 5.91 Å². The second-order valence-electron chi connectivity index (χ2n) is 8.27. The SMILES string of the molecule is CCOC(=O)[C@@H]1CCCN(C(=O)CCn2c(Cc3ccc(Cl)c(Cl)c3)nc3ccccc32)C1. The summed E-state index contributed by atoms with van der Waals surface area (Å²) in [4.78, 5) is 31.7. The Kier molecular flexibility index (Phi) is 7.56. The summed E-state index contributed by atoms with van der Waals surface area (Å²) in [5.74, 6) is 0.467. The fraction of sp³-hybridized carbons (Fsp3) is 0.400. The van der Waals surface area contributed by atoms with Crippen molar-refractivity contribution < 1.29 is 14.3 Å². The van der Waals surface area contributed by atoms with Crippen molar-refractivity contribution in [1.82, 2.24) is 14.5 Å². The van der Waals surface area contributed by atoms with Crippen LogP contribution < -0.4 is 0 Å². The Labute approximate surface area is 203 Å². The third-order valence-corrected chi connectivity index (χ3v) is 6.76. The highest BCUT2D eigenvalue weighted by Crippen LogP contribution is 2.25. The van der Waals surface area contributed by atoms with Gasteiger partial charge in [-0.05, 0) is 49.6 Å². The maximum Gasteiger partial charge on any atom is 0.310 e. The van der Waals surface area contributed by atoms with E-state index in [0.29, 0.717) is 49.1 Å². The van der Waals surface area contributed by atoms with E-state index in [2.05, 4.69) is 4.57 Å². The van der Waals surface area contributed by atoms with Crippen LogP contribution in [0.15, 0.2) is 42.5 Å². The molecule has 6 nitrogen and oxygen atoms in total. The Hall–Kier alpha value is -2.57. The molecule has 0 unspecified atom stereocenters. The number of hydrogen-bond acceptors (Lipinski definition) is 4. The highest BCUT2D eigenvalue weighted by Gasteiger charge is 2.29. The van der Waals surface area contributed by atoms with Crippen LogP contribution in [0.3, 0.4) is 0 Å². The van der Waals surface area contributed by atoms with E-state index in [4.69, 9.17) is 32.9 Å². The molecule has 8 heteroatoms. The average molecular weight is 488 g/mol. The number of likely N-dealkylation sites (tertiary alicyclic amines) is 1. The number of para-hydroxylation sites is 2. The van der Waals surface area contributed by atoms with Gasteiger partial charge in [0.15, 0.2) is 0 Å². The van der Waals surface area contributed by atoms with Gasteiger partial charge in [-0.1, -0.05) is 41.4 Å². The molecule has 0 spiro atoms. The van der Waals surface area contributed by atoms with Crippen molar-refractivity contribution in [3.8, 4) is 0 Å². The normalized spacial score (nSPS) is 16.2. The van der Waals surface area contributed by atoms with Crippen molar-refractivity contribution in [2.75, 3.05) is 19.7 Å². The third kappa shape index (κ3) is 5.50. The highest BCUT2D eigenvalue weighted by molar-refractivity contribution is 6.42. The van der Waals surface area contributed by atoms with Crippen LogP contribution in [0.5, 0.6) is 0 Å². The first-order chi connectivity index (χ1) is 16.0. The Morgan fingerprint density at radius 2 is 1.97 bits per heavy atom. The zero-order chi connectivity index (χ0) is 23.4. The van der Waals surface area contributed by atoms with Crippen LogP contribution in [0.2, 0.25) is 10.0 Å². The minimum Gasteiger partial charge on any atom is -0.466 e. The molecule has 33 heavy (non-hydrogen) atoms. The summed E-state index contributed by atoms with van der Waals surface area (Å²) in [6.45, 7) is 3.78. The molecule has 1 aliphatic rings. The number of imidazole rings is 1. The Balaban J connectivity index is 1.49. The summed E-state index contributed by atoms with van der Waals surface area (Å²) in [7, 11) is 0. The van der Waals surface area contributed by atoms with Crippen molar-refractivity contribution in [1.29, 1.82) is 0 Å². The second kappa shape index (κ2) is 10.6. The first-order valence-electron chi connectivity index (χ1n) is 11.3. The number of ether oxygens (including phenoxy) is 1. The van der Waals surface area contributed by atoms with E-state index in [9.17, 15) is 9.59 Å². The van der Waals surface area contributed by atoms with Crippen molar-refractivity contribution in [3.05, 3.63) is 63.9 Å². The molecule has 0 aliphatic carbocycles. The number of aryl methyl sites for hydroxylation is 1. The van der Waals surface area contributed by atoms with Gasteiger partial charge >= 0.3 is 5.97 Å². The van der Waals surface area contributed by atoms with E-state index in [0.717, 1.165) is 35.3 Å². The zero-order valence-corrected chi connectivity index (χ0v) is 20.1. The van der Waals surface area contributed by atoms with Crippen molar-refractivity contribution in [3.63, 3.8) is 0 Å². The van der Waals surface area contributed by atoms with E-state index in [-0.39, 0.29) is 17.8 Å². The van der Waals surface area contributed by atoms with E-state index in [1.165, 1.54) is 0 Å². The lowest BCUT2D eigenvalue weighted by molar-refractivity contribution is -0.151. The maximum atomic E-state index is 13.0. The van der Waals surface area contributed by atoms with Crippen LogP contribution in [0.4, 0.5) is 0 Å². The molecule has 0 saturated carbocycles. The van der Waals surface area contributed by atoms with Crippen LogP contribution in [0.1, 0.15) is 37.6 Å². The molecular weight excluding hydrogens is 461 g/mol. The number of hydrogen-bond donors (Lipinski definition) is 0. The van der Waals surface area contributed by atoms with Gasteiger partial charge in [-0.2, -0.15) is 0 Å². The van der Waals surface area contributed by atoms with E-state index in [1.807, 2.05) is 36.4 Å². The smallest absolute Gasteiger partial charge is 0.310 e. The van der Waals surface area contributed by atoms with E-state index in [1.54, 1.807) is 17.9 Å². The first kappa shape index (κ1) is 23.6. The number of piperidine rings is 1. The number of carbonyl (C=O) groups excluding carboxylic acids is 2. The highest BCUT2D eigenvalue weighted by atomic mass is 35.5. The lowest BCUT2D eigenvalue weighted by Crippen LogP contribution is -2.43. The molecule has 3 aromatic rings. The number of fused-ring (bicyclic) bond motifs is 1. The van der Waals surface area contributed by atoms with Gasteiger partial charge in [0.1, 0.15) is 5.82 Å². The molecule has 1 saturated heterocycles. The summed E-state index contributed by atoms with van der Waals surface area (Å²) < 4.78 is 7.26. The third-order valence-electron chi connectivity index (χ3n) is 6.02. The zero-order valence-electron chi connectivity index (χ0n) is 18.6. The van der Waals surface area contributed by atoms with Gasteiger partial charge in [0, 0.05) is 32.5 Å². The number of rotatable bonds is 7. The summed E-state index contributed by atoms with van der Waals surface area (Å²) in [6, 6.07) is 13.5. The molecule has 4 rings (SSSR count). The van der Waals surface area contributed by atoms with Crippen LogP contribution >= 0.6 is 23.2 Å². The van der Waals surface area contributed by atoms with Gasteiger partial charge in [-0.15, -0.1) is 0 Å². The minimum absolute atomic E-state index is 0.0438. The summed E-state index contributed by atoms with van der Waals surface area (Å²) in [5, 5.41) is 1.02. The van der Waals surface area contributed by atoms with Crippen LogP contribution in [0, 0.1) is 5.92 Å². The topological polar surface area (TPSA) is 64.4 Å². The molecule has 1 aliphatic heterocycles. The minimum atomic E-state index is -0.234. The van der Waals surface area contributed by atoms with Gasteiger partial charge in [0.25, 0.3) is 0 Å². The van der Waals surface area contributed by atoms with Crippen LogP contribution in [-0.4, -0.2) is 46.0 Å². The quantitative estimate of drug-likeness (QED) is 0.433. The molecular formula is C25H27Cl2N3O3. The van der Waals surface area contributed by atoms with E-state index >= 15 is 0 Å². The average Bonchev–Trinajstić information content (AvgIpc) is 3.17. The first-order valence-corrected chi connectivity index (χ1v) is 12.0. The number of amides is 1. The molecule has 174 valence electrons. The molecule has 1 atom stereocenters. The molecule has 1 fully saturated rings. The van der Waals surface area contributed by atoms with Gasteiger partial charge < -0.3 is 14.2 Å². The predicted octanol–water partition coefficient (Wildman–Crippen LogP) is 5.13. The van der Waals surface area contributed by atoms with Gasteiger partial charge in [-0.3, -0.25) is 9.59 Å². The molecule has 0 radical (unpaired) electrons. The van der Waals surface area contributed by atoms with Crippen LogP contribution in [-0.2, 0) is 27.3 Å². The fourth-order valence-electron chi connectivity index (χ4n) is 4.36. The Morgan fingerprint density at radius 3 is 2.76 bits per heavy atom. The Bertz CT molecular complexity index is 1160. The number of halogens is 2.